The Morgan fingerprint density at radius 2 is 1.81 bits per heavy atom. The molecule has 0 heterocycles. The molecule has 0 aliphatic carbocycles. The number of nitrogens with one attached hydrogen (secondary N) is 1. The van der Waals surface area contributed by atoms with E-state index in [4.69, 9.17) is 11.6 Å². The van der Waals surface area contributed by atoms with E-state index < -0.39 is 0 Å². The van der Waals surface area contributed by atoms with E-state index in [0.717, 1.165) is 24.9 Å². The maximum atomic E-state index is 14.2. The van der Waals surface area contributed by atoms with Crippen LogP contribution in [0.25, 0.3) is 0 Å². The molecule has 0 fully saturated rings. The summed E-state index contributed by atoms with van der Waals surface area (Å²) in [5.41, 5.74) is 2.99. The van der Waals surface area contributed by atoms with Crippen molar-refractivity contribution in [2.75, 3.05) is 6.54 Å². The summed E-state index contributed by atoms with van der Waals surface area (Å²) in [7, 11) is 0. The molecule has 0 bridgehead atoms. The minimum absolute atomic E-state index is 0.145. The molecule has 0 radical (unpaired) electrons. The van der Waals surface area contributed by atoms with Gasteiger partial charge in [0.25, 0.3) is 0 Å². The summed E-state index contributed by atoms with van der Waals surface area (Å²) in [6, 6.07) is 13.1. The van der Waals surface area contributed by atoms with Crippen molar-refractivity contribution >= 4 is 11.6 Å². The van der Waals surface area contributed by atoms with Crippen molar-refractivity contribution in [3.05, 3.63) is 70.0 Å². The summed E-state index contributed by atoms with van der Waals surface area (Å²) in [6.07, 6.45) is 2.00. The first-order valence-corrected chi connectivity index (χ1v) is 7.80. The average molecular weight is 306 g/mol. The molecule has 0 aromatic heterocycles. The topological polar surface area (TPSA) is 12.0 Å². The van der Waals surface area contributed by atoms with Gasteiger partial charge in [-0.2, -0.15) is 0 Å². The van der Waals surface area contributed by atoms with Gasteiger partial charge in [-0.3, -0.25) is 0 Å². The third-order valence-electron chi connectivity index (χ3n) is 3.59. The highest BCUT2D eigenvalue weighted by atomic mass is 35.5. The van der Waals surface area contributed by atoms with E-state index in [1.54, 1.807) is 12.1 Å². The van der Waals surface area contributed by atoms with Crippen LogP contribution in [0.4, 0.5) is 4.39 Å². The van der Waals surface area contributed by atoms with Crippen molar-refractivity contribution in [1.82, 2.24) is 5.32 Å². The van der Waals surface area contributed by atoms with Crippen LogP contribution in [0.3, 0.4) is 0 Å². The van der Waals surface area contributed by atoms with Gasteiger partial charge in [-0.25, -0.2) is 4.39 Å². The molecular formula is C18H21ClFN. The fourth-order valence-corrected chi connectivity index (χ4v) is 2.54. The Kier molecular flexibility index (Phi) is 5.77. The predicted octanol–water partition coefficient (Wildman–Crippen LogP) is 5.13. The molecular weight excluding hydrogens is 285 g/mol. The van der Waals surface area contributed by atoms with Gasteiger partial charge in [-0.05, 0) is 42.6 Å². The summed E-state index contributed by atoms with van der Waals surface area (Å²) < 4.78 is 14.2. The highest BCUT2D eigenvalue weighted by molar-refractivity contribution is 6.30. The molecule has 1 atom stereocenters. The Labute approximate surface area is 131 Å². The predicted molar refractivity (Wildman–Crippen MR) is 87.4 cm³/mol. The second-order valence-electron chi connectivity index (χ2n) is 5.15. The SMILES string of the molecule is CCCNC(c1ccc(CC)cc1)c1ccc(Cl)cc1F. The van der Waals surface area contributed by atoms with Gasteiger partial charge in [0.15, 0.2) is 0 Å². The van der Waals surface area contributed by atoms with Crippen molar-refractivity contribution in [2.24, 2.45) is 0 Å². The summed E-state index contributed by atoms with van der Waals surface area (Å²) in [4.78, 5) is 0. The fourth-order valence-electron chi connectivity index (χ4n) is 2.38. The zero-order valence-corrected chi connectivity index (χ0v) is 13.3. The van der Waals surface area contributed by atoms with Gasteiger partial charge >= 0.3 is 0 Å². The molecule has 0 saturated heterocycles. The van der Waals surface area contributed by atoms with E-state index in [1.807, 2.05) is 0 Å². The van der Waals surface area contributed by atoms with Gasteiger partial charge in [0.1, 0.15) is 5.82 Å². The average Bonchev–Trinajstić information content (AvgIpc) is 2.50. The quantitative estimate of drug-likeness (QED) is 0.780. The van der Waals surface area contributed by atoms with E-state index in [-0.39, 0.29) is 11.9 Å². The Morgan fingerprint density at radius 3 is 2.38 bits per heavy atom. The van der Waals surface area contributed by atoms with Gasteiger partial charge in [0.05, 0.1) is 6.04 Å². The molecule has 0 aliphatic heterocycles. The molecule has 2 aromatic carbocycles. The first-order chi connectivity index (χ1) is 10.2. The van der Waals surface area contributed by atoms with Crippen molar-refractivity contribution in [3.8, 4) is 0 Å². The van der Waals surface area contributed by atoms with Crippen LogP contribution in [0.5, 0.6) is 0 Å². The first kappa shape index (κ1) is 16.0. The lowest BCUT2D eigenvalue weighted by Crippen LogP contribution is -2.24. The lowest BCUT2D eigenvalue weighted by atomic mass is 9.96. The van der Waals surface area contributed by atoms with Crippen LogP contribution in [0.1, 0.15) is 43.0 Å². The van der Waals surface area contributed by atoms with Crippen LogP contribution in [0.15, 0.2) is 42.5 Å². The highest BCUT2D eigenvalue weighted by Gasteiger charge is 2.17. The number of rotatable bonds is 6. The number of hydrogen-bond donors (Lipinski definition) is 1. The maximum Gasteiger partial charge on any atom is 0.129 e. The van der Waals surface area contributed by atoms with E-state index in [0.29, 0.717) is 10.6 Å². The monoisotopic (exact) mass is 305 g/mol. The summed E-state index contributed by atoms with van der Waals surface area (Å²) >= 11 is 5.85. The second kappa shape index (κ2) is 7.58. The molecule has 112 valence electrons. The molecule has 0 spiro atoms. The van der Waals surface area contributed by atoms with E-state index in [9.17, 15) is 4.39 Å². The Morgan fingerprint density at radius 1 is 1.10 bits per heavy atom. The summed E-state index contributed by atoms with van der Waals surface area (Å²) in [5, 5.41) is 3.84. The maximum absolute atomic E-state index is 14.2. The molecule has 1 N–H and O–H groups in total. The normalized spacial score (nSPS) is 12.4. The largest absolute Gasteiger partial charge is 0.306 e. The smallest absolute Gasteiger partial charge is 0.129 e. The zero-order valence-electron chi connectivity index (χ0n) is 12.5. The molecule has 1 unspecified atom stereocenters. The number of aryl methyl sites for hydroxylation is 1. The van der Waals surface area contributed by atoms with Gasteiger partial charge in [0.2, 0.25) is 0 Å². The van der Waals surface area contributed by atoms with Gasteiger partial charge in [-0.15, -0.1) is 0 Å². The lowest BCUT2D eigenvalue weighted by Gasteiger charge is -2.20. The highest BCUT2D eigenvalue weighted by Crippen LogP contribution is 2.27. The molecule has 0 aliphatic rings. The Balaban J connectivity index is 2.36. The van der Waals surface area contributed by atoms with E-state index >= 15 is 0 Å². The Bertz CT molecular complexity index is 580. The van der Waals surface area contributed by atoms with Crippen molar-refractivity contribution in [2.45, 2.75) is 32.7 Å². The summed E-state index contributed by atoms with van der Waals surface area (Å²) in [6.45, 7) is 5.06. The fraction of sp³-hybridized carbons (Fsp3) is 0.333. The van der Waals surface area contributed by atoms with Crippen LogP contribution in [-0.4, -0.2) is 6.54 Å². The number of benzene rings is 2. The van der Waals surface area contributed by atoms with Crippen LogP contribution in [0, 0.1) is 5.82 Å². The molecule has 1 nitrogen and oxygen atoms in total. The van der Waals surface area contributed by atoms with Crippen molar-refractivity contribution in [3.63, 3.8) is 0 Å². The zero-order chi connectivity index (χ0) is 15.2. The van der Waals surface area contributed by atoms with Crippen LogP contribution >= 0.6 is 11.6 Å². The Hall–Kier alpha value is -1.38. The third kappa shape index (κ3) is 4.05. The second-order valence-corrected chi connectivity index (χ2v) is 5.58. The number of halogens is 2. The molecule has 0 amide bonds. The van der Waals surface area contributed by atoms with Crippen LogP contribution in [-0.2, 0) is 6.42 Å². The van der Waals surface area contributed by atoms with Gasteiger partial charge in [0, 0.05) is 10.6 Å². The van der Waals surface area contributed by atoms with Gasteiger partial charge < -0.3 is 5.32 Å². The number of hydrogen-bond acceptors (Lipinski definition) is 1. The molecule has 2 aromatic rings. The molecule has 3 heteroatoms. The van der Waals surface area contributed by atoms with Gasteiger partial charge in [-0.1, -0.05) is 55.8 Å². The van der Waals surface area contributed by atoms with Crippen LogP contribution in [0.2, 0.25) is 5.02 Å². The molecule has 21 heavy (non-hydrogen) atoms. The van der Waals surface area contributed by atoms with E-state index in [1.165, 1.54) is 11.6 Å². The lowest BCUT2D eigenvalue weighted by molar-refractivity contribution is 0.547. The van der Waals surface area contributed by atoms with Crippen molar-refractivity contribution in [1.29, 1.82) is 0 Å². The summed E-state index contributed by atoms with van der Waals surface area (Å²) in [5.74, 6) is -0.268. The minimum atomic E-state index is -0.268. The van der Waals surface area contributed by atoms with E-state index in [2.05, 4.69) is 43.4 Å². The standard InChI is InChI=1S/C18H21ClFN/c1-3-11-21-18(14-7-5-13(4-2)6-8-14)16-10-9-15(19)12-17(16)20/h5-10,12,18,21H,3-4,11H2,1-2H3. The van der Waals surface area contributed by atoms with Crippen LogP contribution < -0.4 is 5.32 Å². The molecule has 0 saturated carbocycles. The third-order valence-corrected chi connectivity index (χ3v) is 3.83. The van der Waals surface area contributed by atoms with Crippen molar-refractivity contribution < 1.29 is 4.39 Å². The molecule has 2 rings (SSSR count). The first-order valence-electron chi connectivity index (χ1n) is 7.42. The minimum Gasteiger partial charge on any atom is -0.306 e.